The zero-order valence-electron chi connectivity index (χ0n) is 27.2. The number of rotatable bonds is 6. The quantitative estimate of drug-likeness (QED) is 0.247. The van der Waals surface area contributed by atoms with E-state index in [1.165, 1.54) is 34.7 Å². The molecule has 2 aliphatic rings. The monoisotopic (exact) mass is 749 g/mol. The van der Waals surface area contributed by atoms with Gasteiger partial charge in [-0.1, -0.05) is 80.0 Å². The first-order chi connectivity index (χ1) is 19.4. The van der Waals surface area contributed by atoms with Crippen molar-refractivity contribution in [3.8, 4) is 11.3 Å². The van der Waals surface area contributed by atoms with E-state index in [0.717, 1.165) is 42.5 Å². The average Bonchev–Trinajstić information content (AvgIpc) is 3.11. The summed E-state index contributed by atoms with van der Waals surface area (Å²) in [5, 5.41) is 24.0. The van der Waals surface area contributed by atoms with Crippen molar-refractivity contribution >= 4 is 10.8 Å². The van der Waals surface area contributed by atoms with Crippen LogP contribution in [-0.2, 0) is 20.1 Å². The van der Waals surface area contributed by atoms with Gasteiger partial charge < -0.3 is 15.2 Å². The Morgan fingerprint density at radius 2 is 1.52 bits per heavy atom. The second kappa shape index (κ2) is 15.4. The molecular weight excluding hydrogens is 695 g/mol. The van der Waals surface area contributed by atoms with Gasteiger partial charge in [-0.15, -0.1) is 34.9 Å². The first-order valence-corrected chi connectivity index (χ1v) is 16.2. The Balaban J connectivity index is 0.000000225. The number of aryl methyl sites for hydroxylation is 2. The molecule has 3 nitrogen and oxygen atoms in total. The van der Waals surface area contributed by atoms with Crippen LogP contribution < -0.4 is 0 Å². The number of aliphatic hydroxyl groups excluding tert-OH is 2. The zero-order valence-corrected chi connectivity index (χ0v) is 29.6. The van der Waals surface area contributed by atoms with E-state index >= 15 is 0 Å². The minimum atomic E-state index is -0.280. The van der Waals surface area contributed by atoms with Crippen molar-refractivity contribution in [3.63, 3.8) is 0 Å². The maximum Gasteiger partial charge on any atom is 0.0624 e. The fourth-order valence-electron chi connectivity index (χ4n) is 7.69. The first kappa shape index (κ1) is 34.9. The minimum absolute atomic E-state index is 0. The maximum atomic E-state index is 10.8. The fourth-order valence-corrected chi connectivity index (χ4v) is 7.69. The number of aliphatic hydroxyl groups is 2. The third-order valence-electron chi connectivity index (χ3n) is 9.46. The molecule has 0 bridgehead atoms. The summed E-state index contributed by atoms with van der Waals surface area (Å²) in [5.74, 6) is 3.33. The van der Waals surface area contributed by atoms with Crippen molar-refractivity contribution < 1.29 is 30.3 Å². The van der Waals surface area contributed by atoms with Gasteiger partial charge in [-0.3, -0.25) is 0 Å². The molecule has 4 unspecified atom stereocenters. The van der Waals surface area contributed by atoms with Gasteiger partial charge in [0.2, 0.25) is 0 Å². The number of fused-ring (bicyclic) bond motifs is 2. The van der Waals surface area contributed by atoms with Gasteiger partial charge in [-0.05, 0) is 95.7 Å². The first-order valence-electron chi connectivity index (χ1n) is 16.2. The molecule has 0 aliphatic heterocycles. The van der Waals surface area contributed by atoms with E-state index in [0.29, 0.717) is 35.5 Å². The van der Waals surface area contributed by atoms with Crippen LogP contribution in [0.4, 0.5) is 0 Å². The summed E-state index contributed by atoms with van der Waals surface area (Å²) in [5.41, 5.74) is 5.87. The standard InChI is InChI=1S/C20H20N.C18H34O2.Ir/c1-13(2)16-5-6-19-17(12-16)7-8-21-20(19)18-10-14(3)9-15(4)11-18;1-11(2)8-14-7-5-6-13-10-15(9-12(3)4)18(20)16(13)17(14)19;/h5-10,12-13H,1-4H3;11-20H,5-10H2,1-4H3;/q-1;;/t;13?,14-,15+,16?,17?,18?;/m.1./s1. The fraction of sp³-hybridized carbons (Fsp3) is 0.605. The Kier molecular flexibility index (Phi) is 12.8. The topological polar surface area (TPSA) is 53.4 Å². The van der Waals surface area contributed by atoms with E-state index in [1.54, 1.807) is 0 Å². The molecule has 233 valence electrons. The van der Waals surface area contributed by atoms with Crippen LogP contribution >= 0.6 is 0 Å². The molecule has 0 amide bonds. The molecule has 2 aromatic carbocycles. The number of benzene rings is 2. The second-order valence-corrected chi connectivity index (χ2v) is 14.3. The van der Waals surface area contributed by atoms with E-state index in [1.807, 2.05) is 6.20 Å². The average molecular weight is 749 g/mol. The molecule has 0 spiro atoms. The van der Waals surface area contributed by atoms with Crippen molar-refractivity contribution in [3.05, 3.63) is 65.4 Å². The summed E-state index contributed by atoms with van der Waals surface area (Å²) in [6, 6.07) is 16.5. The van der Waals surface area contributed by atoms with Crippen LogP contribution in [0.2, 0.25) is 0 Å². The Labute approximate surface area is 269 Å². The van der Waals surface area contributed by atoms with Gasteiger partial charge >= 0.3 is 0 Å². The molecule has 42 heavy (non-hydrogen) atoms. The van der Waals surface area contributed by atoms with Gasteiger partial charge in [0.05, 0.1) is 12.2 Å². The summed E-state index contributed by atoms with van der Waals surface area (Å²) in [7, 11) is 0. The Bertz CT molecular complexity index is 1270. The summed E-state index contributed by atoms with van der Waals surface area (Å²) >= 11 is 0. The minimum Gasteiger partial charge on any atom is -0.392 e. The maximum absolute atomic E-state index is 10.8. The number of hydrogen-bond acceptors (Lipinski definition) is 3. The molecule has 2 saturated carbocycles. The van der Waals surface area contributed by atoms with Crippen molar-refractivity contribution in [2.75, 3.05) is 0 Å². The Morgan fingerprint density at radius 3 is 2.17 bits per heavy atom. The molecule has 5 rings (SSSR count). The summed E-state index contributed by atoms with van der Waals surface area (Å²) in [4.78, 5) is 4.60. The molecule has 1 heterocycles. The van der Waals surface area contributed by atoms with Gasteiger partial charge in [-0.2, -0.15) is 0 Å². The van der Waals surface area contributed by atoms with Crippen molar-refractivity contribution in [2.45, 2.75) is 112 Å². The van der Waals surface area contributed by atoms with Crippen LogP contribution in [0.5, 0.6) is 0 Å². The van der Waals surface area contributed by atoms with Crippen LogP contribution in [0.15, 0.2) is 42.6 Å². The molecule has 2 aliphatic carbocycles. The van der Waals surface area contributed by atoms with Gasteiger partial charge in [0.15, 0.2) is 0 Å². The van der Waals surface area contributed by atoms with Gasteiger partial charge in [0, 0.05) is 32.2 Å². The normalized spacial score (nSPS) is 25.6. The van der Waals surface area contributed by atoms with E-state index in [-0.39, 0.29) is 38.2 Å². The van der Waals surface area contributed by atoms with Crippen LogP contribution in [0, 0.1) is 55.4 Å². The molecule has 3 aromatic rings. The molecular formula is C38H54IrNO2-. The largest absolute Gasteiger partial charge is 0.392 e. The number of pyridine rings is 1. The SMILES string of the molecule is CC(C)C[C@H]1CCCC2C[C@H](CC(C)C)C(O)C2C1O.Cc1[c-]c(-c2nccc3cc(C(C)C)ccc23)cc(C)c1.[Ir]. The van der Waals surface area contributed by atoms with Crippen molar-refractivity contribution in [2.24, 2.45) is 35.5 Å². The molecule has 2 fully saturated rings. The Morgan fingerprint density at radius 1 is 0.857 bits per heavy atom. The van der Waals surface area contributed by atoms with Crippen molar-refractivity contribution in [1.29, 1.82) is 0 Å². The van der Waals surface area contributed by atoms with E-state index in [4.69, 9.17) is 0 Å². The van der Waals surface area contributed by atoms with Crippen LogP contribution in [0.25, 0.3) is 22.0 Å². The van der Waals surface area contributed by atoms with E-state index < -0.39 is 0 Å². The third kappa shape index (κ3) is 8.53. The summed E-state index contributed by atoms with van der Waals surface area (Å²) in [6.45, 7) is 17.6. The molecule has 6 atom stereocenters. The van der Waals surface area contributed by atoms with Crippen LogP contribution in [0.1, 0.15) is 103 Å². The van der Waals surface area contributed by atoms with Gasteiger partial charge in [0.25, 0.3) is 0 Å². The number of hydrogen-bond donors (Lipinski definition) is 2. The van der Waals surface area contributed by atoms with Crippen LogP contribution in [-0.4, -0.2) is 27.4 Å². The molecule has 4 heteroatoms. The van der Waals surface area contributed by atoms with Gasteiger partial charge in [-0.25, -0.2) is 0 Å². The van der Waals surface area contributed by atoms with E-state index in [9.17, 15) is 10.2 Å². The van der Waals surface area contributed by atoms with Gasteiger partial charge in [0.1, 0.15) is 0 Å². The Hall–Kier alpha value is -1.58. The molecule has 1 radical (unpaired) electrons. The molecule has 1 aromatic heterocycles. The molecule has 2 N–H and O–H groups in total. The number of aromatic nitrogens is 1. The smallest absolute Gasteiger partial charge is 0.0624 e. The van der Waals surface area contributed by atoms with Crippen molar-refractivity contribution in [1.82, 2.24) is 4.98 Å². The predicted octanol–water partition coefficient (Wildman–Crippen LogP) is 9.29. The predicted molar refractivity (Wildman–Crippen MR) is 173 cm³/mol. The summed E-state index contributed by atoms with van der Waals surface area (Å²) < 4.78 is 0. The second-order valence-electron chi connectivity index (χ2n) is 14.3. The van der Waals surface area contributed by atoms with Crippen LogP contribution in [0.3, 0.4) is 0 Å². The zero-order chi connectivity index (χ0) is 29.8. The van der Waals surface area contributed by atoms with E-state index in [2.05, 4.69) is 103 Å². The number of nitrogens with zero attached hydrogens (tertiary/aromatic N) is 1. The summed E-state index contributed by atoms with van der Waals surface area (Å²) in [6.07, 6.45) is 8.28. The molecule has 0 saturated heterocycles. The third-order valence-corrected chi connectivity index (χ3v) is 9.46.